The van der Waals surface area contributed by atoms with E-state index in [1.54, 1.807) is 4.90 Å². The normalized spacial score (nSPS) is 19.9. The number of nitrogens with two attached hydrogens (primary N) is 1. The number of carbonyl (C=O) groups is 1. The highest BCUT2D eigenvalue weighted by Gasteiger charge is 2.31. The Morgan fingerprint density at radius 1 is 1.20 bits per heavy atom. The van der Waals surface area contributed by atoms with Crippen LogP contribution in [0.3, 0.4) is 0 Å². The SMILES string of the molecule is NC1(c2ccccc2)CCN(C=O)CC1. The van der Waals surface area contributed by atoms with Crippen molar-refractivity contribution in [1.82, 2.24) is 4.90 Å². The minimum absolute atomic E-state index is 0.249. The van der Waals surface area contributed by atoms with Gasteiger partial charge in [0.05, 0.1) is 0 Å². The molecule has 0 aliphatic carbocycles. The van der Waals surface area contributed by atoms with Crippen LogP contribution in [0.15, 0.2) is 30.3 Å². The molecule has 1 aromatic carbocycles. The highest BCUT2D eigenvalue weighted by molar-refractivity contribution is 5.47. The summed E-state index contributed by atoms with van der Waals surface area (Å²) < 4.78 is 0. The fourth-order valence-corrected chi connectivity index (χ4v) is 2.09. The quantitative estimate of drug-likeness (QED) is 0.733. The second kappa shape index (κ2) is 4.03. The molecule has 1 aliphatic heterocycles. The Labute approximate surface area is 89.9 Å². The number of piperidine rings is 1. The predicted molar refractivity (Wildman–Crippen MR) is 59.2 cm³/mol. The Hall–Kier alpha value is -1.35. The molecule has 0 aromatic heterocycles. The largest absolute Gasteiger partial charge is 0.345 e. The summed E-state index contributed by atoms with van der Waals surface area (Å²) in [4.78, 5) is 12.4. The van der Waals surface area contributed by atoms with E-state index in [2.05, 4.69) is 12.1 Å². The van der Waals surface area contributed by atoms with Crippen LogP contribution >= 0.6 is 0 Å². The third-order valence-corrected chi connectivity index (χ3v) is 3.19. The Kier molecular flexibility index (Phi) is 2.73. The molecule has 15 heavy (non-hydrogen) atoms. The monoisotopic (exact) mass is 204 g/mol. The number of benzene rings is 1. The van der Waals surface area contributed by atoms with E-state index in [0.717, 1.165) is 32.3 Å². The van der Waals surface area contributed by atoms with E-state index in [9.17, 15) is 4.79 Å². The molecular formula is C12H16N2O. The van der Waals surface area contributed by atoms with Gasteiger partial charge in [-0.1, -0.05) is 30.3 Å². The van der Waals surface area contributed by atoms with Crippen molar-refractivity contribution < 1.29 is 4.79 Å². The van der Waals surface area contributed by atoms with Gasteiger partial charge < -0.3 is 10.6 Å². The molecule has 0 atom stereocenters. The van der Waals surface area contributed by atoms with Gasteiger partial charge in [-0.25, -0.2) is 0 Å². The van der Waals surface area contributed by atoms with E-state index in [1.807, 2.05) is 18.2 Å². The first-order valence-corrected chi connectivity index (χ1v) is 5.28. The van der Waals surface area contributed by atoms with Crippen LogP contribution in [0.4, 0.5) is 0 Å². The van der Waals surface area contributed by atoms with E-state index in [4.69, 9.17) is 5.73 Å². The molecule has 80 valence electrons. The lowest BCUT2D eigenvalue weighted by Gasteiger charge is -2.38. The molecule has 0 spiro atoms. The number of hydrogen-bond acceptors (Lipinski definition) is 2. The van der Waals surface area contributed by atoms with Gasteiger partial charge in [0.2, 0.25) is 6.41 Å². The zero-order valence-corrected chi connectivity index (χ0v) is 8.73. The number of likely N-dealkylation sites (tertiary alicyclic amines) is 1. The van der Waals surface area contributed by atoms with Crippen LogP contribution in [0.25, 0.3) is 0 Å². The van der Waals surface area contributed by atoms with E-state index in [1.165, 1.54) is 5.56 Å². The molecule has 0 radical (unpaired) electrons. The molecule has 2 N–H and O–H groups in total. The van der Waals surface area contributed by atoms with Crippen LogP contribution in [0.1, 0.15) is 18.4 Å². The topological polar surface area (TPSA) is 46.3 Å². The standard InChI is InChI=1S/C12H16N2O/c13-12(11-4-2-1-3-5-11)6-8-14(10-15)9-7-12/h1-5,10H,6-9,13H2. The van der Waals surface area contributed by atoms with Crippen molar-refractivity contribution in [2.75, 3.05) is 13.1 Å². The summed E-state index contributed by atoms with van der Waals surface area (Å²) >= 11 is 0. The van der Waals surface area contributed by atoms with Crippen molar-refractivity contribution in [1.29, 1.82) is 0 Å². The minimum atomic E-state index is -0.249. The molecule has 1 amide bonds. The summed E-state index contributed by atoms with van der Waals surface area (Å²) in [6, 6.07) is 10.1. The van der Waals surface area contributed by atoms with E-state index in [-0.39, 0.29) is 5.54 Å². The summed E-state index contributed by atoms with van der Waals surface area (Å²) in [5.41, 5.74) is 7.28. The summed E-state index contributed by atoms with van der Waals surface area (Å²) in [5, 5.41) is 0. The Bertz CT molecular complexity index is 329. The summed E-state index contributed by atoms with van der Waals surface area (Å²) in [5.74, 6) is 0. The van der Waals surface area contributed by atoms with Gasteiger partial charge in [-0.15, -0.1) is 0 Å². The Morgan fingerprint density at radius 2 is 1.80 bits per heavy atom. The molecule has 2 rings (SSSR count). The van der Waals surface area contributed by atoms with Crippen LogP contribution < -0.4 is 5.73 Å². The number of hydrogen-bond donors (Lipinski definition) is 1. The molecule has 1 aromatic rings. The van der Waals surface area contributed by atoms with Gasteiger partial charge in [-0.3, -0.25) is 4.79 Å². The smallest absolute Gasteiger partial charge is 0.209 e. The van der Waals surface area contributed by atoms with Gasteiger partial charge in [-0.2, -0.15) is 0 Å². The van der Waals surface area contributed by atoms with Crippen LogP contribution in [0, 0.1) is 0 Å². The van der Waals surface area contributed by atoms with Crippen LogP contribution in [0.5, 0.6) is 0 Å². The second-order valence-corrected chi connectivity index (χ2v) is 4.16. The van der Waals surface area contributed by atoms with Crippen LogP contribution in [-0.4, -0.2) is 24.4 Å². The van der Waals surface area contributed by atoms with Gasteiger partial charge in [0, 0.05) is 18.6 Å². The van der Waals surface area contributed by atoms with Gasteiger partial charge in [0.15, 0.2) is 0 Å². The summed E-state index contributed by atoms with van der Waals surface area (Å²) in [6.45, 7) is 1.52. The molecule has 0 unspecified atom stereocenters. The van der Waals surface area contributed by atoms with Crippen molar-refractivity contribution in [2.24, 2.45) is 5.73 Å². The average molecular weight is 204 g/mol. The Morgan fingerprint density at radius 3 is 2.33 bits per heavy atom. The molecule has 0 saturated carbocycles. The second-order valence-electron chi connectivity index (χ2n) is 4.16. The molecule has 3 nitrogen and oxygen atoms in total. The number of amides is 1. The van der Waals surface area contributed by atoms with Gasteiger partial charge in [0.25, 0.3) is 0 Å². The summed E-state index contributed by atoms with van der Waals surface area (Å²) in [7, 11) is 0. The van der Waals surface area contributed by atoms with Crippen molar-refractivity contribution in [2.45, 2.75) is 18.4 Å². The lowest BCUT2D eigenvalue weighted by Crippen LogP contribution is -2.47. The van der Waals surface area contributed by atoms with Crippen LogP contribution in [-0.2, 0) is 10.3 Å². The minimum Gasteiger partial charge on any atom is -0.345 e. The molecular weight excluding hydrogens is 188 g/mol. The van der Waals surface area contributed by atoms with Crippen molar-refractivity contribution in [3.05, 3.63) is 35.9 Å². The van der Waals surface area contributed by atoms with E-state index in [0.29, 0.717) is 0 Å². The molecule has 1 saturated heterocycles. The highest BCUT2D eigenvalue weighted by Crippen LogP contribution is 2.29. The first kappa shape index (κ1) is 10.2. The average Bonchev–Trinajstić information content (AvgIpc) is 2.31. The highest BCUT2D eigenvalue weighted by atomic mass is 16.1. The number of carbonyl (C=O) groups excluding carboxylic acids is 1. The first-order valence-electron chi connectivity index (χ1n) is 5.28. The lowest BCUT2D eigenvalue weighted by atomic mass is 9.82. The van der Waals surface area contributed by atoms with Crippen LogP contribution in [0.2, 0.25) is 0 Å². The first-order chi connectivity index (χ1) is 7.24. The zero-order chi connectivity index (χ0) is 10.7. The predicted octanol–water partition coefficient (Wildman–Crippen LogP) is 1.09. The maximum atomic E-state index is 10.6. The molecule has 3 heteroatoms. The maximum absolute atomic E-state index is 10.6. The lowest BCUT2D eigenvalue weighted by molar-refractivity contribution is -0.119. The Balaban J connectivity index is 2.13. The fraction of sp³-hybridized carbons (Fsp3) is 0.417. The van der Waals surface area contributed by atoms with Gasteiger partial charge >= 0.3 is 0 Å². The zero-order valence-electron chi connectivity index (χ0n) is 8.73. The number of rotatable bonds is 2. The molecule has 1 fully saturated rings. The summed E-state index contributed by atoms with van der Waals surface area (Å²) in [6.07, 6.45) is 2.59. The van der Waals surface area contributed by atoms with Crippen molar-refractivity contribution >= 4 is 6.41 Å². The van der Waals surface area contributed by atoms with Crippen molar-refractivity contribution in [3.63, 3.8) is 0 Å². The van der Waals surface area contributed by atoms with E-state index >= 15 is 0 Å². The molecule has 1 aliphatic rings. The van der Waals surface area contributed by atoms with Gasteiger partial charge in [0.1, 0.15) is 0 Å². The van der Waals surface area contributed by atoms with E-state index < -0.39 is 0 Å². The fourth-order valence-electron chi connectivity index (χ4n) is 2.09. The maximum Gasteiger partial charge on any atom is 0.209 e. The van der Waals surface area contributed by atoms with Gasteiger partial charge in [-0.05, 0) is 18.4 Å². The third kappa shape index (κ3) is 2.02. The molecule has 1 heterocycles. The molecule has 0 bridgehead atoms. The number of nitrogens with zero attached hydrogens (tertiary/aromatic N) is 1. The van der Waals surface area contributed by atoms with Crippen molar-refractivity contribution in [3.8, 4) is 0 Å². The third-order valence-electron chi connectivity index (χ3n) is 3.19.